The number of hydrogen-bond donors (Lipinski definition) is 2. The molecule has 1 heterocycles. The first-order valence-corrected chi connectivity index (χ1v) is 12.7. The molecule has 6 nitrogen and oxygen atoms in total. The molecule has 1 aromatic carbocycles. The molecule has 8 heteroatoms. The second kappa shape index (κ2) is 12.8. The summed E-state index contributed by atoms with van der Waals surface area (Å²) in [6.07, 6.45) is 8.75. The van der Waals surface area contributed by atoms with Crippen LogP contribution in [0.1, 0.15) is 80.2 Å². The fraction of sp³-hybridized carbons (Fsp3) is 0.542. The first-order chi connectivity index (χ1) is 15.5. The lowest BCUT2D eigenvalue weighted by Gasteiger charge is -2.32. The minimum atomic E-state index is -0.201. The van der Waals surface area contributed by atoms with Crippen molar-refractivity contribution in [2.75, 3.05) is 0 Å². The predicted molar refractivity (Wildman–Crippen MR) is 128 cm³/mol. The van der Waals surface area contributed by atoms with Gasteiger partial charge in [0.2, 0.25) is 5.91 Å². The third-order valence-corrected chi connectivity index (χ3v) is 6.72. The molecule has 1 aliphatic rings. The van der Waals surface area contributed by atoms with Crippen molar-refractivity contribution in [2.45, 2.75) is 83.4 Å². The molecule has 0 radical (unpaired) electrons. The molecule has 2 amide bonds. The van der Waals surface area contributed by atoms with Gasteiger partial charge in [-0.15, -0.1) is 11.3 Å². The van der Waals surface area contributed by atoms with E-state index < -0.39 is 0 Å². The van der Waals surface area contributed by atoms with Crippen molar-refractivity contribution >= 4 is 34.8 Å². The normalized spacial score (nSPS) is 18.2. The van der Waals surface area contributed by atoms with E-state index in [1.165, 1.54) is 11.3 Å². The summed E-state index contributed by atoms with van der Waals surface area (Å²) < 4.78 is 5.71. The van der Waals surface area contributed by atoms with Gasteiger partial charge >= 0.3 is 0 Å². The average Bonchev–Trinajstić information content (AvgIpc) is 3.27. The zero-order chi connectivity index (χ0) is 22.8. The first-order valence-electron chi connectivity index (χ1n) is 11.5. The topological polar surface area (TPSA) is 80.3 Å². The van der Waals surface area contributed by atoms with Gasteiger partial charge in [-0.25, -0.2) is 4.98 Å². The van der Waals surface area contributed by atoms with Gasteiger partial charge in [-0.2, -0.15) is 0 Å². The maximum Gasteiger partial charge on any atom is 0.271 e. The van der Waals surface area contributed by atoms with Gasteiger partial charge in [-0.05, 0) is 43.5 Å². The van der Waals surface area contributed by atoms with E-state index in [9.17, 15) is 9.59 Å². The monoisotopic (exact) mass is 477 g/mol. The molecule has 3 rings (SSSR count). The predicted octanol–water partition coefficient (Wildman–Crippen LogP) is 5.50. The van der Waals surface area contributed by atoms with E-state index in [-0.39, 0.29) is 23.9 Å². The van der Waals surface area contributed by atoms with Crippen LogP contribution in [0.3, 0.4) is 0 Å². The Hall–Kier alpha value is -2.12. The van der Waals surface area contributed by atoms with Gasteiger partial charge < -0.3 is 15.4 Å². The number of thiazole rings is 1. The van der Waals surface area contributed by atoms with Crippen LogP contribution in [0, 0.1) is 0 Å². The van der Waals surface area contributed by atoms with Crippen molar-refractivity contribution in [2.24, 2.45) is 0 Å². The van der Waals surface area contributed by atoms with Crippen LogP contribution in [0.5, 0.6) is 5.75 Å². The van der Waals surface area contributed by atoms with Gasteiger partial charge in [0.05, 0.1) is 0 Å². The zero-order valence-corrected chi connectivity index (χ0v) is 20.1. The number of halogens is 1. The first kappa shape index (κ1) is 24.5. The van der Waals surface area contributed by atoms with Crippen LogP contribution in [0.2, 0.25) is 5.02 Å². The number of aromatic nitrogens is 1. The highest BCUT2D eigenvalue weighted by Crippen LogP contribution is 2.21. The van der Waals surface area contributed by atoms with Crippen LogP contribution in [-0.2, 0) is 11.4 Å². The molecule has 174 valence electrons. The molecule has 2 atom stereocenters. The van der Waals surface area contributed by atoms with E-state index in [2.05, 4.69) is 22.5 Å². The largest absolute Gasteiger partial charge is 0.486 e. The zero-order valence-electron chi connectivity index (χ0n) is 18.6. The fourth-order valence-corrected chi connectivity index (χ4v) is 4.68. The summed E-state index contributed by atoms with van der Waals surface area (Å²) in [5.74, 6) is 0.585. The summed E-state index contributed by atoms with van der Waals surface area (Å²) in [4.78, 5) is 29.5. The second-order valence-electron chi connectivity index (χ2n) is 8.22. The lowest BCUT2D eigenvalue weighted by molar-refractivity contribution is -0.122. The quantitative estimate of drug-likeness (QED) is 0.418. The molecule has 2 N–H and O–H groups in total. The summed E-state index contributed by atoms with van der Waals surface area (Å²) in [6.45, 7) is 2.45. The van der Waals surface area contributed by atoms with Crippen LogP contribution >= 0.6 is 22.9 Å². The molecule has 1 saturated carbocycles. The fourth-order valence-electron chi connectivity index (χ4n) is 3.87. The lowest BCUT2D eigenvalue weighted by Crippen LogP contribution is -2.53. The van der Waals surface area contributed by atoms with E-state index in [4.69, 9.17) is 16.3 Å². The molecule has 0 aliphatic heterocycles. The maximum absolute atomic E-state index is 12.8. The highest BCUT2D eigenvalue weighted by Gasteiger charge is 2.28. The second-order valence-corrected chi connectivity index (χ2v) is 9.60. The third-order valence-electron chi connectivity index (χ3n) is 5.65. The Morgan fingerprint density at radius 3 is 2.53 bits per heavy atom. The molecule has 1 aromatic heterocycles. The Labute approximate surface area is 199 Å². The lowest BCUT2D eigenvalue weighted by atomic mass is 9.90. The van der Waals surface area contributed by atoms with Crippen molar-refractivity contribution in [3.63, 3.8) is 0 Å². The number of nitrogens with one attached hydrogen (secondary N) is 2. The van der Waals surface area contributed by atoms with Gasteiger partial charge in [-0.1, -0.05) is 50.6 Å². The summed E-state index contributed by atoms with van der Waals surface area (Å²) in [6, 6.07) is 7.05. The van der Waals surface area contributed by atoms with E-state index in [1.54, 1.807) is 29.6 Å². The van der Waals surface area contributed by atoms with Gasteiger partial charge in [0, 0.05) is 28.9 Å². The number of unbranched alkanes of at least 4 members (excludes halogenated alkanes) is 3. The van der Waals surface area contributed by atoms with Crippen LogP contribution in [0.4, 0.5) is 0 Å². The molecule has 2 unspecified atom stereocenters. The Kier molecular flexibility index (Phi) is 9.81. The van der Waals surface area contributed by atoms with Crippen LogP contribution in [-0.4, -0.2) is 28.9 Å². The van der Waals surface area contributed by atoms with Crippen molar-refractivity contribution in [3.05, 3.63) is 45.4 Å². The van der Waals surface area contributed by atoms with Crippen LogP contribution in [0.25, 0.3) is 0 Å². The molecular weight excluding hydrogens is 446 g/mol. The summed E-state index contributed by atoms with van der Waals surface area (Å²) in [5, 5.41) is 9.37. The number of hydrogen-bond acceptors (Lipinski definition) is 5. The Morgan fingerprint density at radius 1 is 1.09 bits per heavy atom. The number of nitrogens with zero attached hydrogens (tertiary/aromatic N) is 1. The molecular formula is C24H32ClN3O3S. The van der Waals surface area contributed by atoms with Gasteiger partial charge in [0.25, 0.3) is 5.91 Å². The van der Waals surface area contributed by atoms with E-state index in [0.717, 1.165) is 56.4 Å². The standard InChI is InChI=1S/C24H32ClN3O3S/c1-2-3-4-5-10-22(29)26-19-8-6-7-9-20(19)28-24(30)21-16-32-23(27-21)15-31-18-13-11-17(25)12-14-18/h11-14,16,19-20H,2-10,15H2,1H3,(H,26,29)(H,28,30). The minimum Gasteiger partial charge on any atom is -0.486 e. The molecule has 0 bridgehead atoms. The highest BCUT2D eigenvalue weighted by molar-refractivity contribution is 7.09. The number of carbonyl (C=O) groups is 2. The Bertz CT molecular complexity index is 872. The number of ether oxygens (including phenoxy) is 1. The van der Waals surface area contributed by atoms with Gasteiger partial charge in [-0.3, -0.25) is 9.59 Å². The third kappa shape index (κ3) is 7.78. The highest BCUT2D eigenvalue weighted by atomic mass is 35.5. The number of amides is 2. The molecule has 1 fully saturated rings. The number of benzene rings is 1. The van der Waals surface area contributed by atoms with E-state index in [0.29, 0.717) is 29.5 Å². The van der Waals surface area contributed by atoms with Crippen molar-refractivity contribution in [1.29, 1.82) is 0 Å². The number of rotatable bonds is 11. The van der Waals surface area contributed by atoms with E-state index >= 15 is 0 Å². The smallest absolute Gasteiger partial charge is 0.271 e. The summed E-state index contributed by atoms with van der Waals surface area (Å²) in [7, 11) is 0. The molecule has 32 heavy (non-hydrogen) atoms. The molecule has 0 spiro atoms. The van der Waals surface area contributed by atoms with E-state index in [1.807, 2.05) is 0 Å². The molecule has 1 aliphatic carbocycles. The molecule has 0 saturated heterocycles. The van der Waals surface area contributed by atoms with Gasteiger partial charge in [0.15, 0.2) is 0 Å². The van der Waals surface area contributed by atoms with Crippen LogP contribution in [0.15, 0.2) is 29.6 Å². The molecule has 2 aromatic rings. The van der Waals surface area contributed by atoms with Crippen molar-refractivity contribution < 1.29 is 14.3 Å². The maximum atomic E-state index is 12.8. The SMILES string of the molecule is CCCCCCC(=O)NC1CCCCC1NC(=O)c1csc(COc2ccc(Cl)cc2)n1. The average molecular weight is 478 g/mol. The Balaban J connectivity index is 1.48. The minimum absolute atomic E-state index is 0.0160. The summed E-state index contributed by atoms with van der Waals surface area (Å²) in [5.41, 5.74) is 0.389. The number of carbonyl (C=O) groups excluding carboxylic acids is 2. The Morgan fingerprint density at radius 2 is 1.81 bits per heavy atom. The van der Waals surface area contributed by atoms with Crippen molar-refractivity contribution in [3.8, 4) is 5.75 Å². The van der Waals surface area contributed by atoms with Gasteiger partial charge in [0.1, 0.15) is 23.1 Å². The van der Waals surface area contributed by atoms with Crippen molar-refractivity contribution in [1.82, 2.24) is 15.6 Å². The van der Waals surface area contributed by atoms with Crippen LogP contribution < -0.4 is 15.4 Å². The summed E-state index contributed by atoms with van der Waals surface area (Å²) >= 11 is 7.28.